The van der Waals surface area contributed by atoms with Crippen LogP contribution >= 0.6 is 0 Å². The molecule has 1 unspecified atom stereocenters. The van der Waals surface area contributed by atoms with Crippen LogP contribution in [0.4, 0.5) is 10.1 Å². The first-order valence-corrected chi connectivity index (χ1v) is 14.5. The van der Waals surface area contributed by atoms with Crippen LogP contribution in [-0.4, -0.2) is 22.6 Å². The standard InChI is InChI=1S/C35H42FNO4/c1-20-14-16-24(17-15-20)33(38)37-31-23(4)29-19-26(21(2)25-10-8-12-27(36)18-25)11-9-13-28(29)22(3)30(31)32(34(39)40)41-35(5,6)7/h12,14-18,26,32H,2,8-11,13,19H2,1,3-7H3,(H,37,38)(H,39,40)/t26?,32-/m0/s1. The fourth-order valence-electron chi connectivity index (χ4n) is 6.09. The van der Waals surface area contributed by atoms with Crippen LogP contribution in [0.15, 0.2) is 60.0 Å². The number of nitrogens with one attached hydrogen (secondary N) is 1. The van der Waals surface area contributed by atoms with E-state index >= 15 is 0 Å². The van der Waals surface area contributed by atoms with Gasteiger partial charge in [-0.05, 0) is 144 Å². The van der Waals surface area contributed by atoms with Gasteiger partial charge in [-0.25, -0.2) is 9.18 Å². The van der Waals surface area contributed by atoms with E-state index in [9.17, 15) is 19.1 Å². The Morgan fingerprint density at radius 1 is 1.07 bits per heavy atom. The first-order valence-electron chi connectivity index (χ1n) is 14.5. The van der Waals surface area contributed by atoms with Crippen LogP contribution in [0, 0.1) is 26.7 Å². The molecule has 0 heterocycles. The van der Waals surface area contributed by atoms with Gasteiger partial charge in [0.1, 0.15) is 5.83 Å². The highest BCUT2D eigenvalue weighted by atomic mass is 19.1. The zero-order chi connectivity index (χ0) is 30.1. The second-order valence-corrected chi connectivity index (χ2v) is 12.4. The molecule has 5 nitrogen and oxygen atoms in total. The number of carbonyl (C=O) groups excluding carboxylic acids is 1. The van der Waals surface area contributed by atoms with E-state index in [1.807, 2.05) is 53.7 Å². The van der Waals surface area contributed by atoms with E-state index < -0.39 is 17.7 Å². The molecule has 218 valence electrons. The first kappa shape index (κ1) is 30.4. The predicted octanol–water partition coefficient (Wildman–Crippen LogP) is 8.43. The second-order valence-electron chi connectivity index (χ2n) is 12.4. The third kappa shape index (κ3) is 6.87. The van der Waals surface area contributed by atoms with Gasteiger partial charge >= 0.3 is 5.97 Å². The Morgan fingerprint density at radius 3 is 2.37 bits per heavy atom. The molecule has 6 heteroatoms. The molecular formula is C35H42FNO4. The molecule has 41 heavy (non-hydrogen) atoms. The number of allylic oxidation sites excluding steroid dienone is 5. The van der Waals surface area contributed by atoms with Crippen LogP contribution in [0.5, 0.6) is 0 Å². The predicted molar refractivity (Wildman–Crippen MR) is 162 cm³/mol. The molecule has 0 saturated heterocycles. The van der Waals surface area contributed by atoms with Crippen molar-refractivity contribution < 1.29 is 23.8 Å². The third-order valence-electron chi connectivity index (χ3n) is 8.23. The zero-order valence-electron chi connectivity index (χ0n) is 25.1. The van der Waals surface area contributed by atoms with E-state index in [2.05, 4.69) is 11.9 Å². The van der Waals surface area contributed by atoms with Gasteiger partial charge in [-0.1, -0.05) is 24.3 Å². The Kier molecular flexibility index (Phi) is 9.03. The lowest BCUT2D eigenvalue weighted by Crippen LogP contribution is -2.30. The number of rotatable bonds is 7. The summed E-state index contributed by atoms with van der Waals surface area (Å²) in [6.07, 6.45) is 6.66. The number of aryl methyl sites for hydroxylation is 1. The average molecular weight is 560 g/mol. The Bertz CT molecular complexity index is 1430. The van der Waals surface area contributed by atoms with Crippen molar-refractivity contribution in [2.45, 2.75) is 91.8 Å². The molecule has 0 spiro atoms. The summed E-state index contributed by atoms with van der Waals surface area (Å²) < 4.78 is 20.2. The zero-order valence-corrected chi connectivity index (χ0v) is 25.1. The summed E-state index contributed by atoms with van der Waals surface area (Å²) in [6.45, 7) is 15.7. The summed E-state index contributed by atoms with van der Waals surface area (Å²) in [5.74, 6) is -1.50. The smallest absolute Gasteiger partial charge is 0.337 e. The maximum absolute atomic E-state index is 14.1. The summed E-state index contributed by atoms with van der Waals surface area (Å²) in [5.41, 5.74) is 7.58. The fourth-order valence-corrected chi connectivity index (χ4v) is 6.09. The molecule has 2 atom stereocenters. The number of carboxylic acids is 1. The number of hydrogen-bond donors (Lipinski definition) is 2. The molecule has 2 aliphatic carbocycles. The maximum Gasteiger partial charge on any atom is 0.337 e. The lowest BCUT2D eigenvalue weighted by atomic mass is 9.81. The summed E-state index contributed by atoms with van der Waals surface area (Å²) >= 11 is 0. The number of ether oxygens (including phenoxy) is 1. The van der Waals surface area contributed by atoms with Gasteiger partial charge in [-0.15, -0.1) is 0 Å². The van der Waals surface area contributed by atoms with Crippen molar-refractivity contribution in [1.29, 1.82) is 0 Å². The van der Waals surface area contributed by atoms with Gasteiger partial charge in [-0.2, -0.15) is 0 Å². The normalized spacial score (nSPS) is 18.0. The topological polar surface area (TPSA) is 75.6 Å². The number of amides is 1. The van der Waals surface area contributed by atoms with Crippen LogP contribution in [0.25, 0.3) is 0 Å². The molecule has 0 saturated carbocycles. The molecule has 2 aromatic carbocycles. The van der Waals surface area contributed by atoms with Gasteiger partial charge in [0.15, 0.2) is 6.10 Å². The number of carbonyl (C=O) groups is 2. The van der Waals surface area contributed by atoms with E-state index in [4.69, 9.17) is 4.74 Å². The molecule has 4 rings (SSSR count). The summed E-state index contributed by atoms with van der Waals surface area (Å²) in [7, 11) is 0. The number of aliphatic carboxylic acids is 1. The van der Waals surface area contributed by atoms with Gasteiger partial charge in [-0.3, -0.25) is 4.79 Å². The molecule has 0 radical (unpaired) electrons. The van der Waals surface area contributed by atoms with E-state index in [0.717, 1.165) is 64.6 Å². The van der Waals surface area contributed by atoms with E-state index in [1.165, 1.54) is 0 Å². The van der Waals surface area contributed by atoms with Crippen LogP contribution in [0.2, 0.25) is 0 Å². The van der Waals surface area contributed by atoms with Gasteiger partial charge in [0.05, 0.1) is 11.3 Å². The second kappa shape index (κ2) is 12.2. The number of halogens is 1. The molecule has 0 aliphatic heterocycles. The lowest BCUT2D eigenvalue weighted by Gasteiger charge is -2.31. The van der Waals surface area contributed by atoms with Crippen LogP contribution in [0.3, 0.4) is 0 Å². The van der Waals surface area contributed by atoms with Crippen molar-refractivity contribution in [2.24, 2.45) is 5.92 Å². The van der Waals surface area contributed by atoms with Crippen LogP contribution in [0.1, 0.15) is 96.3 Å². The van der Waals surface area contributed by atoms with Crippen molar-refractivity contribution in [3.63, 3.8) is 0 Å². The van der Waals surface area contributed by atoms with Crippen molar-refractivity contribution in [1.82, 2.24) is 0 Å². The number of fused-ring (bicyclic) bond motifs is 1. The van der Waals surface area contributed by atoms with Gasteiger partial charge < -0.3 is 15.2 Å². The minimum atomic E-state index is -1.26. The Balaban J connectivity index is 1.85. The van der Waals surface area contributed by atoms with E-state index in [0.29, 0.717) is 29.7 Å². The SMILES string of the molecule is C=C(C1=CC(F)=CCC1)C1CCCc2c(C)c([C@H](OC(C)(C)C)C(=O)O)c(NC(=O)c3ccc(C)cc3)c(C)c2C1. The van der Waals surface area contributed by atoms with Gasteiger partial charge in [0.25, 0.3) is 5.91 Å². The van der Waals surface area contributed by atoms with E-state index in [-0.39, 0.29) is 17.7 Å². The molecule has 2 aromatic rings. The average Bonchev–Trinajstić information content (AvgIpc) is 3.14. The van der Waals surface area contributed by atoms with Crippen molar-refractivity contribution >= 4 is 17.6 Å². The van der Waals surface area contributed by atoms with Crippen molar-refractivity contribution in [3.05, 3.63) is 98.9 Å². The molecule has 1 amide bonds. The summed E-state index contributed by atoms with van der Waals surface area (Å²) in [5, 5.41) is 13.4. The molecular weight excluding hydrogens is 517 g/mol. The van der Waals surface area contributed by atoms with Crippen LogP contribution in [-0.2, 0) is 22.4 Å². The number of carboxylic acid groups (broad SMARTS) is 1. The maximum atomic E-state index is 14.1. The Morgan fingerprint density at radius 2 is 1.76 bits per heavy atom. The minimum Gasteiger partial charge on any atom is -0.479 e. The molecule has 0 aromatic heterocycles. The lowest BCUT2D eigenvalue weighted by molar-refractivity contribution is -0.160. The quantitative estimate of drug-likeness (QED) is 0.334. The Hall–Kier alpha value is -3.51. The van der Waals surface area contributed by atoms with E-state index in [1.54, 1.807) is 24.3 Å². The van der Waals surface area contributed by atoms with Crippen LogP contribution < -0.4 is 5.32 Å². The molecule has 2 aliphatic rings. The third-order valence-corrected chi connectivity index (χ3v) is 8.23. The van der Waals surface area contributed by atoms with Crippen molar-refractivity contribution in [3.8, 4) is 0 Å². The number of anilines is 1. The highest BCUT2D eigenvalue weighted by Gasteiger charge is 2.35. The number of benzene rings is 2. The molecule has 0 fully saturated rings. The molecule has 2 N–H and O–H groups in total. The first-order chi connectivity index (χ1) is 19.3. The summed E-state index contributed by atoms with van der Waals surface area (Å²) in [6, 6.07) is 7.29. The van der Waals surface area contributed by atoms with Crippen molar-refractivity contribution in [2.75, 3.05) is 5.32 Å². The minimum absolute atomic E-state index is 0.124. The number of hydrogen-bond acceptors (Lipinski definition) is 3. The fraction of sp³-hybridized carbons (Fsp3) is 0.429. The highest BCUT2D eigenvalue weighted by Crippen LogP contribution is 2.43. The highest BCUT2D eigenvalue weighted by molar-refractivity contribution is 6.05. The molecule has 0 bridgehead atoms. The van der Waals surface area contributed by atoms with Gasteiger partial charge in [0, 0.05) is 11.1 Å². The summed E-state index contributed by atoms with van der Waals surface area (Å²) in [4.78, 5) is 26.2. The Labute approximate surface area is 243 Å². The monoisotopic (exact) mass is 559 g/mol. The largest absolute Gasteiger partial charge is 0.479 e. The van der Waals surface area contributed by atoms with Gasteiger partial charge in [0.2, 0.25) is 0 Å².